The van der Waals surface area contributed by atoms with E-state index >= 15 is 0 Å². The molecule has 9 heteroatoms. The fourth-order valence-corrected chi connectivity index (χ4v) is 5.74. The van der Waals surface area contributed by atoms with Crippen molar-refractivity contribution in [2.45, 2.75) is 82.9 Å². The number of benzene rings is 2. The van der Waals surface area contributed by atoms with E-state index in [4.69, 9.17) is 9.47 Å². The van der Waals surface area contributed by atoms with Crippen LogP contribution in [-0.2, 0) is 16.0 Å². The SMILES string of the molecule is CC#CCN(CC)CC(C)(C)NC(=O)CCOc1ccc(Cc2cc([C@@H]3O[C@H](SC)[C@@H](O)[C@H](O)[C@H]3O)ccc2C)cc1. The molecule has 4 N–H and O–H groups in total. The second-order valence-corrected chi connectivity index (χ2v) is 12.3. The summed E-state index contributed by atoms with van der Waals surface area (Å²) in [5.41, 5.74) is 3.00. The molecule has 1 heterocycles. The number of aryl methyl sites for hydroxylation is 1. The first-order valence-corrected chi connectivity index (χ1v) is 15.7. The van der Waals surface area contributed by atoms with E-state index in [0.717, 1.165) is 28.8 Å². The van der Waals surface area contributed by atoms with Crippen LogP contribution in [0.5, 0.6) is 5.75 Å². The summed E-state index contributed by atoms with van der Waals surface area (Å²) in [6.45, 7) is 12.5. The molecule has 42 heavy (non-hydrogen) atoms. The van der Waals surface area contributed by atoms with Gasteiger partial charge in [-0.25, -0.2) is 0 Å². The van der Waals surface area contributed by atoms with Crippen LogP contribution in [0, 0.1) is 18.8 Å². The lowest BCUT2D eigenvalue weighted by Crippen LogP contribution is -2.52. The van der Waals surface area contributed by atoms with Crippen molar-refractivity contribution >= 4 is 17.7 Å². The normalized spacial score (nSPS) is 22.4. The van der Waals surface area contributed by atoms with E-state index in [1.807, 2.05) is 70.2 Å². The van der Waals surface area contributed by atoms with Gasteiger partial charge in [0.15, 0.2) is 0 Å². The number of carbonyl (C=O) groups excluding carboxylic acids is 1. The molecule has 5 atom stereocenters. The van der Waals surface area contributed by atoms with Crippen LogP contribution in [0.1, 0.15) is 62.5 Å². The maximum Gasteiger partial charge on any atom is 0.223 e. The predicted octanol–water partition coefficient (Wildman–Crippen LogP) is 3.44. The van der Waals surface area contributed by atoms with Crippen LogP contribution in [-0.4, -0.2) is 87.9 Å². The average molecular weight is 599 g/mol. The highest BCUT2D eigenvalue weighted by Crippen LogP contribution is 2.36. The fraction of sp³-hybridized carbons (Fsp3) is 0.545. The average Bonchev–Trinajstić information content (AvgIpc) is 2.96. The fourth-order valence-electron chi connectivity index (χ4n) is 5.07. The summed E-state index contributed by atoms with van der Waals surface area (Å²) in [7, 11) is 0. The molecule has 1 aliphatic rings. The van der Waals surface area contributed by atoms with Crippen LogP contribution in [0.25, 0.3) is 0 Å². The van der Waals surface area contributed by atoms with Gasteiger partial charge >= 0.3 is 0 Å². The topological polar surface area (TPSA) is 111 Å². The standard InChI is InChI=1S/C33H46N2O6S/c1-7-9-17-35(8-2)21-33(4,5)34-27(36)16-18-40-26-14-11-23(12-15-26)19-25-20-24(13-10-22(25)3)31-29(38)28(37)30(39)32(41-31)42-6/h10-15,20,28-32,37-39H,8,16-19,21H2,1-6H3,(H,34,36)/t28-,29-,30+,31+,32-/m1/s1. The molecule has 0 radical (unpaired) electrons. The van der Waals surface area contributed by atoms with E-state index in [2.05, 4.69) is 29.0 Å². The highest BCUT2D eigenvalue weighted by Gasteiger charge is 2.44. The summed E-state index contributed by atoms with van der Waals surface area (Å²) < 4.78 is 11.8. The zero-order valence-electron chi connectivity index (χ0n) is 25.6. The maximum absolute atomic E-state index is 12.6. The zero-order chi connectivity index (χ0) is 30.9. The van der Waals surface area contributed by atoms with E-state index in [1.165, 1.54) is 11.8 Å². The molecule has 0 unspecified atom stereocenters. The molecule has 0 saturated carbocycles. The van der Waals surface area contributed by atoms with Gasteiger partial charge in [0.05, 0.1) is 19.6 Å². The van der Waals surface area contributed by atoms with Gasteiger partial charge in [0, 0.05) is 12.1 Å². The highest BCUT2D eigenvalue weighted by molar-refractivity contribution is 7.99. The Kier molecular flexibility index (Phi) is 12.7. The third-order valence-corrected chi connectivity index (χ3v) is 8.30. The summed E-state index contributed by atoms with van der Waals surface area (Å²) in [5, 5.41) is 34.2. The van der Waals surface area contributed by atoms with Gasteiger partial charge < -0.3 is 30.1 Å². The summed E-state index contributed by atoms with van der Waals surface area (Å²) in [6, 6.07) is 13.7. The van der Waals surface area contributed by atoms with E-state index in [0.29, 0.717) is 25.3 Å². The van der Waals surface area contributed by atoms with Crippen molar-refractivity contribution in [3.05, 3.63) is 64.7 Å². The molecule has 1 saturated heterocycles. The first kappa shape index (κ1) is 33.9. The molecule has 1 aliphatic heterocycles. The van der Waals surface area contributed by atoms with E-state index in [-0.39, 0.29) is 24.5 Å². The van der Waals surface area contributed by atoms with Crippen LogP contribution < -0.4 is 10.1 Å². The van der Waals surface area contributed by atoms with Gasteiger partial charge in [0.1, 0.15) is 35.6 Å². The molecule has 0 bridgehead atoms. The Morgan fingerprint density at radius 2 is 1.83 bits per heavy atom. The lowest BCUT2D eigenvalue weighted by atomic mass is 9.91. The molecule has 1 amide bonds. The molecular formula is C33H46N2O6S. The second kappa shape index (κ2) is 15.8. The lowest BCUT2D eigenvalue weighted by Gasteiger charge is -2.40. The molecular weight excluding hydrogens is 552 g/mol. The van der Waals surface area contributed by atoms with Crippen molar-refractivity contribution in [2.24, 2.45) is 0 Å². The van der Waals surface area contributed by atoms with Crippen LogP contribution in [0.2, 0.25) is 0 Å². The van der Waals surface area contributed by atoms with Crippen LogP contribution in [0.3, 0.4) is 0 Å². The van der Waals surface area contributed by atoms with E-state index < -0.39 is 29.9 Å². The monoisotopic (exact) mass is 598 g/mol. The quantitative estimate of drug-likeness (QED) is 0.260. The van der Waals surface area contributed by atoms with Crippen molar-refractivity contribution in [2.75, 3.05) is 32.5 Å². The molecule has 1 fully saturated rings. The number of carbonyl (C=O) groups is 1. The molecule has 8 nitrogen and oxygen atoms in total. The second-order valence-electron chi connectivity index (χ2n) is 11.4. The Bertz CT molecular complexity index is 1220. The summed E-state index contributed by atoms with van der Waals surface area (Å²) >= 11 is 1.30. The van der Waals surface area contributed by atoms with Crippen molar-refractivity contribution in [1.29, 1.82) is 0 Å². The molecule has 230 valence electrons. The zero-order valence-corrected chi connectivity index (χ0v) is 26.4. The Morgan fingerprint density at radius 3 is 2.48 bits per heavy atom. The van der Waals surface area contributed by atoms with Gasteiger partial charge in [-0.1, -0.05) is 43.2 Å². The number of amides is 1. The number of aliphatic hydroxyl groups is 3. The van der Waals surface area contributed by atoms with Gasteiger partial charge in [-0.15, -0.1) is 17.7 Å². The Morgan fingerprint density at radius 1 is 1.12 bits per heavy atom. The van der Waals surface area contributed by atoms with Crippen molar-refractivity contribution < 1.29 is 29.6 Å². The number of nitrogens with zero attached hydrogens (tertiary/aromatic N) is 1. The van der Waals surface area contributed by atoms with Gasteiger partial charge in [-0.05, 0) is 81.3 Å². The largest absolute Gasteiger partial charge is 0.493 e. The number of likely N-dealkylation sites (N-methyl/N-ethyl adjacent to an activating group) is 1. The number of hydrogen-bond donors (Lipinski definition) is 4. The number of hydrogen-bond acceptors (Lipinski definition) is 8. The van der Waals surface area contributed by atoms with Crippen molar-refractivity contribution in [1.82, 2.24) is 10.2 Å². The minimum absolute atomic E-state index is 0.0532. The summed E-state index contributed by atoms with van der Waals surface area (Å²) in [5.74, 6) is 6.64. The molecule has 3 rings (SSSR count). The minimum atomic E-state index is -1.28. The van der Waals surface area contributed by atoms with Gasteiger partial charge in [0.2, 0.25) is 5.91 Å². The van der Waals surface area contributed by atoms with Gasteiger partial charge in [0.25, 0.3) is 0 Å². The number of nitrogens with one attached hydrogen (secondary N) is 1. The van der Waals surface area contributed by atoms with Crippen molar-refractivity contribution in [3.63, 3.8) is 0 Å². The Balaban J connectivity index is 1.54. The lowest BCUT2D eigenvalue weighted by molar-refractivity contribution is -0.200. The minimum Gasteiger partial charge on any atom is -0.493 e. The van der Waals surface area contributed by atoms with Crippen LogP contribution in [0.4, 0.5) is 0 Å². The Hall–Kier alpha value is -2.58. The first-order valence-electron chi connectivity index (χ1n) is 14.4. The van der Waals surface area contributed by atoms with Gasteiger partial charge in [-0.3, -0.25) is 9.69 Å². The summed E-state index contributed by atoms with van der Waals surface area (Å²) in [4.78, 5) is 14.8. The van der Waals surface area contributed by atoms with Crippen LogP contribution >= 0.6 is 11.8 Å². The molecule has 2 aromatic rings. The number of rotatable bonds is 13. The van der Waals surface area contributed by atoms with E-state index in [1.54, 1.807) is 6.26 Å². The Labute approximate surface area is 254 Å². The third-order valence-electron chi connectivity index (χ3n) is 7.44. The maximum atomic E-state index is 12.6. The molecule has 0 aliphatic carbocycles. The highest BCUT2D eigenvalue weighted by atomic mass is 32.2. The van der Waals surface area contributed by atoms with Crippen molar-refractivity contribution in [3.8, 4) is 17.6 Å². The third kappa shape index (κ3) is 9.46. The summed E-state index contributed by atoms with van der Waals surface area (Å²) in [6.07, 6.45) is -1.68. The number of thioether (sulfide) groups is 1. The molecule has 2 aromatic carbocycles. The number of ether oxygens (including phenoxy) is 2. The van der Waals surface area contributed by atoms with Gasteiger partial charge in [-0.2, -0.15) is 0 Å². The first-order chi connectivity index (χ1) is 20.0. The number of aliphatic hydroxyl groups excluding tert-OH is 3. The molecule has 0 aromatic heterocycles. The predicted molar refractivity (Wildman–Crippen MR) is 167 cm³/mol. The van der Waals surface area contributed by atoms with Crippen LogP contribution in [0.15, 0.2) is 42.5 Å². The van der Waals surface area contributed by atoms with E-state index in [9.17, 15) is 20.1 Å². The molecule has 0 spiro atoms. The smallest absolute Gasteiger partial charge is 0.223 e.